The molecule has 96 valence electrons. The average molecular weight is 235 g/mol. The van der Waals surface area contributed by atoms with Crippen molar-refractivity contribution in [2.75, 3.05) is 12.8 Å². The summed E-state index contributed by atoms with van der Waals surface area (Å²) in [6, 6.07) is 5.91. The summed E-state index contributed by atoms with van der Waals surface area (Å²) in [4.78, 5) is 0. The van der Waals surface area contributed by atoms with Crippen LogP contribution in [0.25, 0.3) is 0 Å². The van der Waals surface area contributed by atoms with E-state index in [2.05, 4.69) is 13.0 Å². The van der Waals surface area contributed by atoms with Crippen molar-refractivity contribution in [1.29, 1.82) is 0 Å². The Balaban J connectivity index is 2.30. The lowest BCUT2D eigenvalue weighted by Gasteiger charge is -2.08. The van der Waals surface area contributed by atoms with Crippen molar-refractivity contribution in [2.45, 2.75) is 51.9 Å². The van der Waals surface area contributed by atoms with E-state index in [1.54, 1.807) is 7.11 Å². The molecule has 0 aliphatic heterocycles. The number of methoxy groups -OCH3 is 1. The van der Waals surface area contributed by atoms with Gasteiger partial charge in [0, 0.05) is 5.69 Å². The van der Waals surface area contributed by atoms with Gasteiger partial charge in [-0.25, -0.2) is 0 Å². The van der Waals surface area contributed by atoms with Gasteiger partial charge in [0.1, 0.15) is 5.75 Å². The second-order valence-electron chi connectivity index (χ2n) is 4.58. The Morgan fingerprint density at radius 1 is 1.06 bits per heavy atom. The SMILES string of the molecule is CCCCCCCCc1cc(OC)ccc1N. The van der Waals surface area contributed by atoms with Crippen molar-refractivity contribution >= 4 is 5.69 Å². The number of nitrogens with two attached hydrogens (primary N) is 1. The van der Waals surface area contributed by atoms with Gasteiger partial charge in [-0.15, -0.1) is 0 Å². The van der Waals surface area contributed by atoms with E-state index in [1.165, 1.54) is 44.1 Å². The van der Waals surface area contributed by atoms with Crippen LogP contribution < -0.4 is 10.5 Å². The molecule has 0 saturated carbocycles. The molecule has 0 fully saturated rings. The fourth-order valence-electron chi connectivity index (χ4n) is 2.02. The quantitative estimate of drug-likeness (QED) is 0.542. The van der Waals surface area contributed by atoms with E-state index in [1.807, 2.05) is 12.1 Å². The predicted octanol–water partition coefficient (Wildman–Crippen LogP) is 4.18. The third-order valence-electron chi connectivity index (χ3n) is 3.15. The molecule has 0 aromatic heterocycles. The zero-order chi connectivity index (χ0) is 12.5. The van der Waals surface area contributed by atoms with Gasteiger partial charge in [-0.3, -0.25) is 0 Å². The first-order valence-electron chi connectivity index (χ1n) is 6.70. The number of hydrogen-bond acceptors (Lipinski definition) is 2. The Morgan fingerprint density at radius 3 is 2.47 bits per heavy atom. The predicted molar refractivity (Wildman–Crippen MR) is 74.5 cm³/mol. The van der Waals surface area contributed by atoms with Gasteiger partial charge in [0.2, 0.25) is 0 Å². The zero-order valence-electron chi connectivity index (χ0n) is 11.2. The highest BCUT2D eigenvalue weighted by atomic mass is 16.5. The van der Waals surface area contributed by atoms with Crippen molar-refractivity contribution in [3.05, 3.63) is 23.8 Å². The summed E-state index contributed by atoms with van der Waals surface area (Å²) in [6.45, 7) is 2.25. The third-order valence-corrected chi connectivity index (χ3v) is 3.15. The lowest BCUT2D eigenvalue weighted by atomic mass is 10.0. The molecule has 0 aliphatic rings. The summed E-state index contributed by atoms with van der Waals surface area (Å²) in [5, 5.41) is 0. The lowest BCUT2D eigenvalue weighted by molar-refractivity contribution is 0.414. The Labute approximate surface area is 105 Å². The molecule has 0 amide bonds. The summed E-state index contributed by atoms with van der Waals surface area (Å²) >= 11 is 0. The van der Waals surface area contributed by atoms with Gasteiger partial charge < -0.3 is 10.5 Å². The van der Waals surface area contributed by atoms with Gasteiger partial charge in [0.25, 0.3) is 0 Å². The normalized spacial score (nSPS) is 10.5. The van der Waals surface area contributed by atoms with Crippen molar-refractivity contribution < 1.29 is 4.74 Å². The number of anilines is 1. The van der Waals surface area contributed by atoms with Crippen LogP contribution in [0.15, 0.2) is 18.2 Å². The topological polar surface area (TPSA) is 35.2 Å². The highest BCUT2D eigenvalue weighted by Gasteiger charge is 2.01. The van der Waals surface area contributed by atoms with Crippen LogP contribution in [0, 0.1) is 0 Å². The Bertz CT molecular complexity index is 323. The highest BCUT2D eigenvalue weighted by Crippen LogP contribution is 2.21. The zero-order valence-corrected chi connectivity index (χ0v) is 11.2. The first kappa shape index (κ1) is 13.9. The Morgan fingerprint density at radius 2 is 1.76 bits per heavy atom. The smallest absolute Gasteiger partial charge is 0.119 e. The van der Waals surface area contributed by atoms with Crippen LogP contribution in [0.4, 0.5) is 5.69 Å². The maximum absolute atomic E-state index is 5.95. The van der Waals surface area contributed by atoms with E-state index in [9.17, 15) is 0 Å². The lowest BCUT2D eigenvalue weighted by Crippen LogP contribution is -1.96. The van der Waals surface area contributed by atoms with Gasteiger partial charge in [-0.2, -0.15) is 0 Å². The number of ether oxygens (including phenoxy) is 1. The molecule has 2 N–H and O–H groups in total. The molecule has 0 radical (unpaired) electrons. The van der Waals surface area contributed by atoms with Crippen LogP contribution in [0.1, 0.15) is 51.0 Å². The summed E-state index contributed by atoms with van der Waals surface area (Å²) in [6.07, 6.45) is 8.97. The molecule has 17 heavy (non-hydrogen) atoms. The minimum Gasteiger partial charge on any atom is -0.497 e. The molecule has 0 saturated heterocycles. The summed E-state index contributed by atoms with van der Waals surface area (Å²) in [5.41, 5.74) is 8.06. The molecule has 1 aromatic carbocycles. The molecular weight excluding hydrogens is 210 g/mol. The van der Waals surface area contributed by atoms with E-state index < -0.39 is 0 Å². The van der Waals surface area contributed by atoms with E-state index in [0.29, 0.717) is 0 Å². The van der Waals surface area contributed by atoms with Gasteiger partial charge >= 0.3 is 0 Å². The summed E-state index contributed by atoms with van der Waals surface area (Å²) in [5.74, 6) is 0.903. The van der Waals surface area contributed by atoms with E-state index in [-0.39, 0.29) is 0 Å². The maximum atomic E-state index is 5.95. The van der Waals surface area contributed by atoms with Crippen LogP contribution in [-0.4, -0.2) is 7.11 Å². The van der Waals surface area contributed by atoms with Gasteiger partial charge in [-0.05, 0) is 36.6 Å². The molecule has 2 nitrogen and oxygen atoms in total. The minimum atomic E-state index is 0.888. The van der Waals surface area contributed by atoms with Gasteiger partial charge in [0.15, 0.2) is 0 Å². The van der Waals surface area contributed by atoms with Crippen LogP contribution in [-0.2, 0) is 6.42 Å². The van der Waals surface area contributed by atoms with Crippen molar-refractivity contribution in [1.82, 2.24) is 0 Å². The number of aryl methyl sites for hydroxylation is 1. The van der Waals surface area contributed by atoms with Crippen molar-refractivity contribution in [3.8, 4) is 5.75 Å². The molecule has 0 unspecified atom stereocenters. The molecule has 1 aromatic rings. The monoisotopic (exact) mass is 235 g/mol. The fraction of sp³-hybridized carbons (Fsp3) is 0.600. The van der Waals surface area contributed by atoms with Crippen LogP contribution in [0.2, 0.25) is 0 Å². The molecule has 0 atom stereocenters. The number of nitrogen functional groups attached to an aromatic ring is 1. The summed E-state index contributed by atoms with van der Waals surface area (Å²) in [7, 11) is 1.69. The highest BCUT2D eigenvalue weighted by molar-refractivity contribution is 5.50. The second kappa shape index (κ2) is 7.99. The van der Waals surface area contributed by atoms with E-state index in [4.69, 9.17) is 10.5 Å². The number of benzene rings is 1. The van der Waals surface area contributed by atoms with E-state index in [0.717, 1.165) is 17.9 Å². The second-order valence-corrected chi connectivity index (χ2v) is 4.58. The standard InChI is InChI=1S/C15H25NO/c1-3-4-5-6-7-8-9-13-12-14(17-2)10-11-15(13)16/h10-12H,3-9,16H2,1-2H3. The Kier molecular flexibility index (Phi) is 6.53. The van der Waals surface area contributed by atoms with E-state index >= 15 is 0 Å². The minimum absolute atomic E-state index is 0.888. The molecule has 0 aliphatic carbocycles. The van der Waals surface area contributed by atoms with Crippen LogP contribution in [0.5, 0.6) is 5.75 Å². The average Bonchev–Trinajstić information content (AvgIpc) is 2.35. The van der Waals surface area contributed by atoms with Crippen LogP contribution >= 0.6 is 0 Å². The first-order valence-corrected chi connectivity index (χ1v) is 6.70. The van der Waals surface area contributed by atoms with Crippen LogP contribution in [0.3, 0.4) is 0 Å². The third kappa shape index (κ3) is 5.12. The molecule has 0 bridgehead atoms. The fourth-order valence-corrected chi connectivity index (χ4v) is 2.02. The molecule has 2 heteroatoms. The van der Waals surface area contributed by atoms with Crippen molar-refractivity contribution in [2.24, 2.45) is 0 Å². The number of hydrogen-bond donors (Lipinski definition) is 1. The maximum Gasteiger partial charge on any atom is 0.119 e. The number of unbranched alkanes of at least 4 members (excludes halogenated alkanes) is 5. The number of rotatable bonds is 8. The first-order chi connectivity index (χ1) is 8.27. The van der Waals surface area contributed by atoms with Crippen molar-refractivity contribution in [3.63, 3.8) is 0 Å². The largest absolute Gasteiger partial charge is 0.497 e. The summed E-state index contributed by atoms with van der Waals surface area (Å²) < 4.78 is 5.21. The van der Waals surface area contributed by atoms with Gasteiger partial charge in [0.05, 0.1) is 7.11 Å². The molecule has 1 rings (SSSR count). The molecule has 0 heterocycles. The molecular formula is C15H25NO. The molecule has 0 spiro atoms. The van der Waals surface area contributed by atoms with Gasteiger partial charge in [-0.1, -0.05) is 39.0 Å². The Hall–Kier alpha value is -1.18.